The van der Waals surface area contributed by atoms with Crippen molar-refractivity contribution in [2.75, 3.05) is 5.32 Å². The normalized spacial score (nSPS) is 12.0. The van der Waals surface area contributed by atoms with Gasteiger partial charge in [0.1, 0.15) is 0 Å². The van der Waals surface area contributed by atoms with E-state index < -0.39 is 0 Å². The largest absolute Gasteiger partial charge is 0.376 e. The fraction of sp³-hybridized carbons (Fsp3) is 0.294. The first-order chi connectivity index (χ1) is 10.1. The molecule has 0 unspecified atom stereocenters. The lowest BCUT2D eigenvalue weighted by Gasteiger charge is -2.21. The molecule has 0 fully saturated rings. The Bertz CT molecular complexity index is 655. The van der Waals surface area contributed by atoms with Gasteiger partial charge in [-0.05, 0) is 43.0 Å². The first kappa shape index (κ1) is 15.5. The Morgan fingerprint density at radius 3 is 2.67 bits per heavy atom. The van der Waals surface area contributed by atoms with Crippen LogP contribution in [-0.4, -0.2) is 11.3 Å². The fourth-order valence-corrected chi connectivity index (χ4v) is 2.46. The highest BCUT2D eigenvalue weighted by molar-refractivity contribution is 6.31. The molecule has 0 aliphatic rings. The average molecular weight is 303 g/mol. The number of rotatable bonds is 5. The molecule has 1 atom stereocenters. The van der Waals surface area contributed by atoms with E-state index in [1.807, 2.05) is 26.0 Å². The van der Waals surface area contributed by atoms with Crippen LogP contribution in [0.15, 0.2) is 30.6 Å². The van der Waals surface area contributed by atoms with Crippen molar-refractivity contribution in [2.45, 2.75) is 33.2 Å². The van der Waals surface area contributed by atoms with E-state index in [0.29, 0.717) is 5.56 Å². The van der Waals surface area contributed by atoms with Crippen LogP contribution in [0.2, 0.25) is 5.02 Å². The summed E-state index contributed by atoms with van der Waals surface area (Å²) in [6.07, 6.45) is 5.16. The molecule has 0 aliphatic carbocycles. The highest BCUT2D eigenvalue weighted by atomic mass is 35.5. The van der Waals surface area contributed by atoms with Gasteiger partial charge >= 0.3 is 0 Å². The highest BCUT2D eigenvalue weighted by Gasteiger charge is 2.13. The molecule has 2 rings (SSSR count). The summed E-state index contributed by atoms with van der Waals surface area (Å²) in [7, 11) is 0. The summed E-state index contributed by atoms with van der Waals surface area (Å²) in [5.41, 5.74) is 4.50. The number of nitrogens with zero attached hydrogens (tertiary/aromatic N) is 1. The summed E-state index contributed by atoms with van der Waals surface area (Å²) >= 11 is 6.08. The summed E-state index contributed by atoms with van der Waals surface area (Å²) in [5.74, 6) is 0. The summed E-state index contributed by atoms with van der Waals surface area (Å²) in [6.45, 7) is 5.98. The van der Waals surface area contributed by atoms with E-state index in [1.165, 1.54) is 0 Å². The molecule has 4 heteroatoms. The van der Waals surface area contributed by atoms with E-state index in [9.17, 15) is 4.79 Å². The fourth-order valence-electron chi connectivity index (χ4n) is 2.34. The van der Waals surface area contributed by atoms with Crippen LogP contribution in [0.4, 0.5) is 5.69 Å². The van der Waals surface area contributed by atoms with Crippen molar-refractivity contribution < 1.29 is 4.79 Å². The van der Waals surface area contributed by atoms with Crippen LogP contribution in [0.3, 0.4) is 0 Å². The van der Waals surface area contributed by atoms with Crippen molar-refractivity contribution in [1.82, 2.24) is 4.98 Å². The number of hydrogen-bond donors (Lipinski definition) is 1. The molecule has 2 aromatic rings. The molecular formula is C17H19ClN2O. The maximum atomic E-state index is 11.3. The molecule has 0 aliphatic heterocycles. The van der Waals surface area contributed by atoms with Gasteiger partial charge < -0.3 is 5.32 Å². The van der Waals surface area contributed by atoms with E-state index in [2.05, 4.69) is 23.3 Å². The van der Waals surface area contributed by atoms with Gasteiger partial charge in [0.05, 0.1) is 17.9 Å². The van der Waals surface area contributed by atoms with E-state index >= 15 is 0 Å². The van der Waals surface area contributed by atoms with E-state index in [0.717, 1.165) is 40.1 Å². The first-order valence-corrected chi connectivity index (χ1v) is 7.37. The number of halogens is 1. The van der Waals surface area contributed by atoms with E-state index in [4.69, 9.17) is 11.6 Å². The molecular weight excluding hydrogens is 284 g/mol. The standard InChI is InChI=1S/C17H19ClN2O/c1-4-16(13-5-6-15(18)11(2)7-13)20-17-9-19-8-12(3)14(17)10-21/h5-10,16,20H,4H2,1-3H3/t16-/m1/s1. The van der Waals surface area contributed by atoms with Gasteiger partial charge in [0, 0.05) is 16.8 Å². The third-order valence-corrected chi connectivity index (χ3v) is 4.05. The quantitative estimate of drug-likeness (QED) is 0.812. The van der Waals surface area contributed by atoms with Gasteiger partial charge in [-0.2, -0.15) is 0 Å². The third kappa shape index (κ3) is 3.42. The minimum Gasteiger partial charge on any atom is -0.376 e. The molecule has 0 saturated heterocycles. The van der Waals surface area contributed by atoms with Gasteiger partial charge in [-0.3, -0.25) is 9.78 Å². The number of nitrogens with one attached hydrogen (secondary N) is 1. The lowest BCUT2D eigenvalue weighted by molar-refractivity contribution is 0.112. The Kier molecular flexibility index (Phi) is 4.97. The van der Waals surface area contributed by atoms with Crippen molar-refractivity contribution in [3.05, 3.63) is 57.9 Å². The van der Waals surface area contributed by atoms with Gasteiger partial charge in [-0.1, -0.05) is 30.7 Å². The molecule has 110 valence electrons. The zero-order valence-corrected chi connectivity index (χ0v) is 13.2. The maximum absolute atomic E-state index is 11.3. The summed E-state index contributed by atoms with van der Waals surface area (Å²) < 4.78 is 0. The highest BCUT2D eigenvalue weighted by Crippen LogP contribution is 2.27. The molecule has 0 spiro atoms. The van der Waals surface area contributed by atoms with Crippen LogP contribution >= 0.6 is 11.6 Å². The predicted octanol–water partition coefficient (Wildman–Crippen LogP) is 4.73. The number of aromatic nitrogens is 1. The van der Waals surface area contributed by atoms with Crippen molar-refractivity contribution >= 4 is 23.6 Å². The predicted molar refractivity (Wildman–Crippen MR) is 87.2 cm³/mol. The Labute approximate surface area is 130 Å². The van der Waals surface area contributed by atoms with Crippen LogP contribution in [-0.2, 0) is 0 Å². The minimum atomic E-state index is 0.114. The van der Waals surface area contributed by atoms with E-state index in [-0.39, 0.29) is 6.04 Å². The molecule has 0 amide bonds. The second kappa shape index (κ2) is 6.72. The Morgan fingerprint density at radius 2 is 2.05 bits per heavy atom. The first-order valence-electron chi connectivity index (χ1n) is 6.99. The zero-order valence-electron chi connectivity index (χ0n) is 12.5. The summed E-state index contributed by atoms with van der Waals surface area (Å²) in [5, 5.41) is 4.18. The summed E-state index contributed by atoms with van der Waals surface area (Å²) in [4.78, 5) is 15.4. The van der Waals surface area contributed by atoms with Crippen LogP contribution in [0.25, 0.3) is 0 Å². The molecule has 3 nitrogen and oxygen atoms in total. The second-order valence-corrected chi connectivity index (χ2v) is 5.56. The Balaban J connectivity index is 2.33. The monoisotopic (exact) mass is 302 g/mol. The molecule has 1 N–H and O–H groups in total. The maximum Gasteiger partial charge on any atom is 0.152 e. The minimum absolute atomic E-state index is 0.114. The zero-order chi connectivity index (χ0) is 15.4. The van der Waals surface area contributed by atoms with Crippen LogP contribution in [0.5, 0.6) is 0 Å². The molecule has 0 saturated carbocycles. The van der Waals surface area contributed by atoms with E-state index in [1.54, 1.807) is 12.4 Å². The number of carbonyl (C=O) groups excluding carboxylic acids is 1. The molecule has 1 heterocycles. The number of benzene rings is 1. The molecule has 1 aromatic heterocycles. The van der Waals surface area contributed by atoms with Gasteiger partial charge in [-0.25, -0.2) is 0 Å². The van der Waals surface area contributed by atoms with Crippen LogP contribution < -0.4 is 5.32 Å². The van der Waals surface area contributed by atoms with Crippen molar-refractivity contribution in [3.63, 3.8) is 0 Å². The topological polar surface area (TPSA) is 42.0 Å². The van der Waals surface area contributed by atoms with Gasteiger partial charge in [0.25, 0.3) is 0 Å². The van der Waals surface area contributed by atoms with Gasteiger partial charge in [0.2, 0.25) is 0 Å². The van der Waals surface area contributed by atoms with Crippen molar-refractivity contribution in [3.8, 4) is 0 Å². The summed E-state index contributed by atoms with van der Waals surface area (Å²) in [6, 6.07) is 6.11. The van der Waals surface area contributed by atoms with Gasteiger partial charge in [0.15, 0.2) is 6.29 Å². The average Bonchev–Trinajstić information content (AvgIpc) is 2.48. The van der Waals surface area contributed by atoms with Crippen LogP contribution in [0, 0.1) is 13.8 Å². The number of aldehydes is 1. The van der Waals surface area contributed by atoms with Crippen molar-refractivity contribution in [2.24, 2.45) is 0 Å². The Morgan fingerprint density at radius 1 is 1.29 bits per heavy atom. The van der Waals surface area contributed by atoms with Crippen molar-refractivity contribution in [1.29, 1.82) is 0 Å². The smallest absolute Gasteiger partial charge is 0.152 e. The molecule has 0 bridgehead atoms. The van der Waals surface area contributed by atoms with Gasteiger partial charge in [-0.15, -0.1) is 0 Å². The van der Waals surface area contributed by atoms with Crippen LogP contribution in [0.1, 0.15) is 46.4 Å². The lowest BCUT2D eigenvalue weighted by Crippen LogP contribution is -2.12. The number of hydrogen-bond acceptors (Lipinski definition) is 3. The SMILES string of the molecule is CC[C@@H](Nc1cncc(C)c1C=O)c1ccc(Cl)c(C)c1. The Hall–Kier alpha value is -1.87. The number of carbonyl (C=O) groups is 1. The molecule has 0 radical (unpaired) electrons. The second-order valence-electron chi connectivity index (χ2n) is 5.15. The molecule has 21 heavy (non-hydrogen) atoms. The number of pyridine rings is 1. The number of anilines is 1. The number of aryl methyl sites for hydroxylation is 2. The third-order valence-electron chi connectivity index (χ3n) is 3.63. The molecule has 1 aromatic carbocycles. The lowest BCUT2D eigenvalue weighted by atomic mass is 10.0.